The van der Waals surface area contributed by atoms with Gasteiger partial charge in [0, 0.05) is 30.6 Å². The first-order valence-electron chi connectivity index (χ1n) is 13.1. The summed E-state index contributed by atoms with van der Waals surface area (Å²) in [5.74, 6) is -7.88. The summed E-state index contributed by atoms with van der Waals surface area (Å²) in [7, 11) is -5.08. The molecule has 0 unspecified atom stereocenters. The molecule has 0 aromatic heterocycles. The van der Waals surface area contributed by atoms with Crippen LogP contribution in [0.3, 0.4) is 0 Å². The van der Waals surface area contributed by atoms with Crippen LogP contribution in [0.15, 0.2) is 41.3 Å². The second kappa shape index (κ2) is 10.6. The Morgan fingerprint density at radius 3 is 2.19 bits per heavy atom. The van der Waals surface area contributed by atoms with Crippen molar-refractivity contribution in [2.45, 2.75) is 69.0 Å². The molecule has 6 nitrogen and oxygen atoms in total. The minimum atomic E-state index is -5.12. The van der Waals surface area contributed by atoms with E-state index >= 15 is 4.39 Å². The lowest BCUT2D eigenvalue weighted by Crippen LogP contribution is -2.52. The average molecular weight is 626 g/mol. The zero-order valence-corrected chi connectivity index (χ0v) is 23.8. The van der Waals surface area contributed by atoms with E-state index in [1.54, 1.807) is 13.8 Å². The predicted octanol–water partition coefficient (Wildman–Crippen LogP) is 7.39. The molecule has 2 aliphatic rings. The minimum Gasteiger partial charge on any atom is -0.492 e. The van der Waals surface area contributed by atoms with Crippen molar-refractivity contribution in [2.24, 2.45) is 16.7 Å². The van der Waals surface area contributed by atoms with Crippen molar-refractivity contribution in [3.8, 4) is 5.75 Å². The van der Waals surface area contributed by atoms with Crippen LogP contribution in [-0.2, 0) is 20.8 Å². The number of fused-ring (bicyclic) bond motifs is 1. The van der Waals surface area contributed by atoms with Crippen LogP contribution in [0.4, 0.5) is 42.1 Å². The molecule has 0 spiro atoms. The molecule has 232 valence electrons. The van der Waals surface area contributed by atoms with E-state index in [1.807, 2.05) is 0 Å². The summed E-state index contributed by atoms with van der Waals surface area (Å²) in [4.78, 5) is 12.1. The summed E-state index contributed by atoms with van der Waals surface area (Å²) in [5, 5.41) is 9.75. The van der Waals surface area contributed by atoms with Crippen LogP contribution in [0.25, 0.3) is 0 Å². The average Bonchev–Trinajstić information content (AvgIpc) is 2.92. The number of carboxylic acid groups (broad SMARTS) is 1. The van der Waals surface area contributed by atoms with Gasteiger partial charge in [0.1, 0.15) is 23.6 Å². The highest BCUT2D eigenvalue weighted by Crippen LogP contribution is 2.55. The Labute approximate surface area is 238 Å². The second-order valence-electron chi connectivity index (χ2n) is 12.1. The maximum Gasteiger partial charge on any atom is 0.420 e. The summed E-state index contributed by atoms with van der Waals surface area (Å²) in [6.45, 7) is 2.82. The minimum absolute atomic E-state index is 0.00136. The highest BCUT2D eigenvalue weighted by atomic mass is 32.2. The Balaban J connectivity index is 1.87. The van der Waals surface area contributed by atoms with Gasteiger partial charge in [0.15, 0.2) is 0 Å². The van der Waals surface area contributed by atoms with Crippen LogP contribution >= 0.6 is 0 Å². The molecule has 1 saturated carbocycles. The van der Waals surface area contributed by atoms with Gasteiger partial charge < -0.3 is 14.7 Å². The first-order valence-corrected chi connectivity index (χ1v) is 14.6. The van der Waals surface area contributed by atoms with Crippen molar-refractivity contribution in [1.29, 1.82) is 0 Å². The second-order valence-corrected chi connectivity index (χ2v) is 14.0. The van der Waals surface area contributed by atoms with Gasteiger partial charge in [-0.15, -0.1) is 0 Å². The van der Waals surface area contributed by atoms with Crippen molar-refractivity contribution < 1.29 is 53.8 Å². The van der Waals surface area contributed by atoms with Crippen LogP contribution in [0, 0.1) is 22.6 Å². The van der Waals surface area contributed by atoms with Gasteiger partial charge in [0.25, 0.3) is 0 Å². The third kappa shape index (κ3) is 6.32. The molecular formula is C28H30F7NO5S. The van der Waals surface area contributed by atoms with E-state index in [0.29, 0.717) is 19.1 Å². The van der Waals surface area contributed by atoms with Gasteiger partial charge in [0.2, 0.25) is 21.3 Å². The lowest BCUT2D eigenvalue weighted by molar-refractivity contribution is -0.168. The van der Waals surface area contributed by atoms with E-state index in [2.05, 4.69) is 0 Å². The Morgan fingerprint density at radius 1 is 1.10 bits per heavy atom. The molecule has 2 aromatic rings. The Bertz CT molecular complexity index is 1440. The Morgan fingerprint density at radius 2 is 1.69 bits per heavy atom. The standard InChI is InChI=1S/C28H30F7NO5S/c1-25(2)13-27(14-25,24(37)38)15-41-21-11-22-20(10-19(21)28(33,34)35)36(18-6-4-17(29)5-7-18)12-16(8-9-26(3,31)32)23(30)42(22,39)40/h4-7,10-11,16,23H,8-9,12-15H2,1-3H3,(H,37,38)/t16-,23+/m1/s1. The molecule has 1 aliphatic heterocycles. The fraction of sp³-hybridized carbons (Fsp3) is 0.536. The summed E-state index contributed by atoms with van der Waals surface area (Å²) in [6, 6.07) is 5.17. The zero-order valence-electron chi connectivity index (χ0n) is 22.9. The maximum atomic E-state index is 15.7. The molecule has 2 atom stereocenters. The summed E-state index contributed by atoms with van der Waals surface area (Å²) < 4.78 is 132. The number of aliphatic carboxylic acids is 1. The number of ether oxygens (including phenoxy) is 1. The molecule has 42 heavy (non-hydrogen) atoms. The largest absolute Gasteiger partial charge is 0.492 e. The number of hydrogen-bond acceptors (Lipinski definition) is 5. The van der Waals surface area contributed by atoms with Gasteiger partial charge >= 0.3 is 12.1 Å². The van der Waals surface area contributed by atoms with Crippen LogP contribution in [0.2, 0.25) is 0 Å². The smallest absolute Gasteiger partial charge is 0.420 e. The number of hydrogen-bond donors (Lipinski definition) is 1. The number of nitrogens with zero attached hydrogens (tertiary/aromatic N) is 1. The molecule has 0 amide bonds. The van der Waals surface area contributed by atoms with E-state index in [4.69, 9.17) is 4.74 Å². The number of alkyl halides is 6. The molecule has 2 aromatic carbocycles. The third-order valence-corrected chi connectivity index (χ3v) is 9.65. The van der Waals surface area contributed by atoms with Gasteiger partial charge in [-0.25, -0.2) is 26.0 Å². The Hall–Kier alpha value is -3.03. The van der Waals surface area contributed by atoms with Gasteiger partial charge in [-0.05, 0) is 61.9 Å². The van der Waals surface area contributed by atoms with E-state index in [0.717, 1.165) is 29.2 Å². The number of sulfone groups is 1. The van der Waals surface area contributed by atoms with Crippen LogP contribution in [-0.4, -0.2) is 44.1 Å². The highest BCUT2D eigenvalue weighted by molar-refractivity contribution is 7.92. The molecule has 0 radical (unpaired) electrons. The zero-order chi connectivity index (χ0) is 31.5. The molecular weight excluding hydrogens is 595 g/mol. The summed E-state index contributed by atoms with van der Waals surface area (Å²) in [6.07, 6.45) is -6.45. The normalized spacial score (nSPS) is 23.0. The van der Waals surface area contributed by atoms with Gasteiger partial charge in [-0.2, -0.15) is 13.2 Å². The SMILES string of the molecule is CC(F)(F)CC[C@@H]1CN(c2ccc(F)cc2)c2cc(C(F)(F)F)c(OCC3(C(=O)O)CC(C)(C)C3)cc2S(=O)(=O)[C@@H]1F. The van der Waals surface area contributed by atoms with Crippen LogP contribution in [0.5, 0.6) is 5.75 Å². The van der Waals surface area contributed by atoms with Gasteiger partial charge in [0.05, 0.1) is 16.1 Å². The van der Waals surface area contributed by atoms with Crippen LogP contribution in [0.1, 0.15) is 52.0 Å². The monoisotopic (exact) mass is 625 g/mol. The van der Waals surface area contributed by atoms with E-state index in [-0.39, 0.29) is 18.5 Å². The number of benzene rings is 2. The van der Waals surface area contributed by atoms with E-state index in [9.17, 15) is 44.7 Å². The Kier molecular flexibility index (Phi) is 8.05. The maximum absolute atomic E-state index is 15.7. The first-order chi connectivity index (χ1) is 19.2. The van der Waals surface area contributed by atoms with E-state index in [1.165, 1.54) is 0 Å². The number of carbonyl (C=O) groups is 1. The molecule has 0 bridgehead atoms. The molecule has 1 heterocycles. The van der Waals surface area contributed by atoms with Crippen molar-refractivity contribution in [1.82, 2.24) is 0 Å². The quantitative estimate of drug-likeness (QED) is 0.308. The van der Waals surface area contributed by atoms with Crippen LogP contribution < -0.4 is 9.64 Å². The lowest BCUT2D eigenvalue weighted by atomic mass is 9.54. The fourth-order valence-corrected chi connectivity index (χ4v) is 7.66. The lowest BCUT2D eigenvalue weighted by Gasteiger charge is -2.49. The van der Waals surface area contributed by atoms with Crippen molar-refractivity contribution in [2.75, 3.05) is 18.1 Å². The fourth-order valence-electron chi connectivity index (χ4n) is 5.96. The van der Waals surface area contributed by atoms with Gasteiger partial charge in [-0.3, -0.25) is 4.79 Å². The molecule has 4 rings (SSSR count). The number of carboxylic acids is 1. The predicted molar refractivity (Wildman–Crippen MR) is 139 cm³/mol. The topological polar surface area (TPSA) is 83.9 Å². The summed E-state index contributed by atoms with van der Waals surface area (Å²) in [5.41, 5.74) is -6.75. The van der Waals surface area contributed by atoms with E-state index < -0.39 is 104 Å². The molecule has 1 aliphatic carbocycles. The molecule has 0 saturated heterocycles. The van der Waals surface area contributed by atoms with Crippen molar-refractivity contribution in [3.63, 3.8) is 0 Å². The van der Waals surface area contributed by atoms with Crippen molar-refractivity contribution >= 4 is 27.2 Å². The third-order valence-electron chi connectivity index (χ3n) is 7.73. The number of rotatable bonds is 8. The first kappa shape index (κ1) is 31.9. The molecule has 1 fully saturated rings. The van der Waals surface area contributed by atoms with Crippen molar-refractivity contribution in [3.05, 3.63) is 47.8 Å². The number of halogens is 7. The van der Waals surface area contributed by atoms with Gasteiger partial charge in [-0.1, -0.05) is 13.8 Å². The highest BCUT2D eigenvalue weighted by Gasteiger charge is 2.55. The number of anilines is 2. The summed E-state index contributed by atoms with van der Waals surface area (Å²) >= 11 is 0. The molecule has 14 heteroatoms. The molecule has 1 N–H and O–H groups in total.